The standard InChI is InChI=1S/C19H30N2O4/c1-19(2,21-9-7-6-8-10-21)13-20-18(22)14-11-16(24-4)17(25-5)12-15(14)23-3/h11-12H,6-10,13H2,1-5H3,(H,20,22). The molecule has 1 N–H and O–H groups in total. The van der Waals surface area contributed by atoms with Gasteiger partial charge in [0.05, 0.1) is 26.9 Å². The van der Waals surface area contributed by atoms with E-state index in [1.165, 1.54) is 26.4 Å². The molecule has 1 heterocycles. The van der Waals surface area contributed by atoms with Crippen LogP contribution < -0.4 is 19.5 Å². The zero-order valence-electron chi connectivity index (χ0n) is 16.0. The molecular formula is C19H30N2O4. The van der Waals surface area contributed by atoms with Crippen LogP contribution in [0.15, 0.2) is 12.1 Å². The molecule has 0 saturated carbocycles. The maximum absolute atomic E-state index is 12.7. The lowest BCUT2D eigenvalue weighted by atomic mass is 9.98. The second kappa shape index (κ2) is 8.43. The van der Waals surface area contributed by atoms with E-state index in [0.29, 0.717) is 29.4 Å². The van der Waals surface area contributed by atoms with Crippen molar-refractivity contribution in [2.24, 2.45) is 0 Å². The maximum atomic E-state index is 12.7. The van der Waals surface area contributed by atoms with Gasteiger partial charge < -0.3 is 19.5 Å². The Kier molecular flexibility index (Phi) is 6.53. The van der Waals surface area contributed by atoms with E-state index in [4.69, 9.17) is 14.2 Å². The summed E-state index contributed by atoms with van der Waals surface area (Å²) >= 11 is 0. The Labute approximate surface area is 150 Å². The molecular weight excluding hydrogens is 320 g/mol. The number of methoxy groups -OCH3 is 3. The number of nitrogens with one attached hydrogen (secondary N) is 1. The Hall–Kier alpha value is -1.95. The fourth-order valence-electron chi connectivity index (χ4n) is 3.21. The lowest BCUT2D eigenvalue weighted by Gasteiger charge is -2.41. The van der Waals surface area contributed by atoms with Crippen LogP contribution in [0.3, 0.4) is 0 Å². The molecule has 1 aromatic rings. The van der Waals surface area contributed by atoms with E-state index in [-0.39, 0.29) is 11.4 Å². The molecule has 1 aliphatic rings. The number of likely N-dealkylation sites (tertiary alicyclic amines) is 1. The number of carbonyl (C=O) groups excluding carboxylic acids is 1. The molecule has 6 heteroatoms. The second-order valence-corrected chi connectivity index (χ2v) is 6.95. The topological polar surface area (TPSA) is 60.0 Å². The van der Waals surface area contributed by atoms with Crippen molar-refractivity contribution in [2.75, 3.05) is 41.0 Å². The lowest BCUT2D eigenvalue weighted by molar-refractivity contribution is 0.0795. The lowest BCUT2D eigenvalue weighted by Crippen LogP contribution is -2.53. The first-order valence-corrected chi connectivity index (χ1v) is 8.76. The van der Waals surface area contributed by atoms with Gasteiger partial charge in [-0.25, -0.2) is 0 Å². The monoisotopic (exact) mass is 350 g/mol. The molecule has 1 fully saturated rings. The van der Waals surface area contributed by atoms with Crippen molar-refractivity contribution in [2.45, 2.75) is 38.6 Å². The van der Waals surface area contributed by atoms with Crippen LogP contribution in [-0.4, -0.2) is 57.3 Å². The highest BCUT2D eigenvalue weighted by Gasteiger charge is 2.29. The number of carbonyl (C=O) groups is 1. The normalized spacial score (nSPS) is 15.6. The van der Waals surface area contributed by atoms with E-state index in [1.807, 2.05) is 0 Å². The van der Waals surface area contributed by atoms with Gasteiger partial charge in [0.1, 0.15) is 5.75 Å². The van der Waals surface area contributed by atoms with Gasteiger partial charge in [0.25, 0.3) is 5.91 Å². The Morgan fingerprint density at radius 2 is 1.56 bits per heavy atom. The van der Waals surface area contributed by atoms with Crippen LogP contribution in [-0.2, 0) is 0 Å². The average molecular weight is 350 g/mol. The van der Waals surface area contributed by atoms with Crippen molar-refractivity contribution in [3.8, 4) is 17.2 Å². The minimum atomic E-state index is -0.178. The van der Waals surface area contributed by atoms with E-state index in [9.17, 15) is 4.79 Å². The van der Waals surface area contributed by atoms with Crippen molar-refractivity contribution in [3.63, 3.8) is 0 Å². The number of benzene rings is 1. The van der Waals surface area contributed by atoms with Crippen molar-refractivity contribution in [1.29, 1.82) is 0 Å². The minimum Gasteiger partial charge on any atom is -0.496 e. The first kappa shape index (κ1) is 19.4. The summed E-state index contributed by atoms with van der Waals surface area (Å²) in [5.41, 5.74) is 0.356. The zero-order valence-corrected chi connectivity index (χ0v) is 16.0. The molecule has 0 unspecified atom stereocenters. The quantitative estimate of drug-likeness (QED) is 0.819. The number of piperidine rings is 1. The summed E-state index contributed by atoms with van der Waals surface area (Å²) in [7, 11) is 4.64. The summed E-state index contributed by atoms with van der Waals surface area (Å²) in [5, 5.41) is 3.04. The molecule has 0 aliphatic carbocycles. The molecule has 0 aromatic heterocycles. The van der Waals surface area contributed by atoms with Gasteiger partial charge in [-0.05, 0) is 39.8 Å². The second-order valence-electron chi connectivity index (χ2n) is 6.95. The summed E-state index contributed by atoms with van der Waals surface area (Å²) in [6.07, 6.45) is 3.74. The first-order valence-electron chi connectivity index (χ1n) is 8.76. The molecule has 2 rings (SSSR count). The maximum Gasteiger partial charge on any atom is 0.255 e. The van der Waals surface area contributed by atoms with Crippen LogP contribution in [0.5, 0.6) is 17.2 Å². The fraction of sp³-hybridized carbons (Fsp3) is 0.632. The van der Waals surface area contributed by atoms with Gasteiger partial charge in [-0.1, -0.05) is 6.42 Å². The van der Waals surface area contributed by atoms with Crippen molar-refractivity contribution in [1.82, 2.24) is 10.2 Å². The molecule has 1 aromatic carbocycles. The molecule has 1 saturated heterocycles. The van der Waals surface area contributed by atoms with Gasteiger partial charge >= 0.3 is 0 Å². The zero-order chi connectivity index (χ0) is 18.4. The molecule has 0 bridgehead atoms. The predicted octanol–water partition coefficient (Wildman–Crippen LogP) is 2.71. The highest BCUT2D eigenvalue weighted by atomic mass is 16.5. The Balaban J connectivity index is 2.11. The fourth-order valence-corrected chi connectivity index (χ4v) is 3.21. The first-order chi connectivity index (χ1) is 11.9. The number of amides is 1. The highest BCUT2D eigenvalue weighted by molar-refractivity contribution is 5.97. The van der Waals surface area contributed by atoms with Gasteiger partial charge in [0, 0.05) is 24.2 Å². The van der Waals surface area contributed by atoms with Gasteiger partial charge in [-0.15, -0.1) is 0 Å². The molecule has 140 valence electrons. The smallest absolute Gasteiger partial charge is 0.255 e. The third-order valence-electron chi connectivity index (χ3n) is 4.84. The summed E-state index contributed by atoms with van der Waals surface area (Å²) in [4.78, 5) is 15.2. The molecule has 0 spiro atoms. The van der Waals surface area contributed by atoms with Crippen LogP contribution in [0.2, 0.25) is 0 Å². The summed E-state index contributed by atoms with van der Waals surface area (Å²) in [6, 6.07) is 3.32. The van der Waals surface area contributed by atoms with Crippen LogP contribution in [0.4, 0.5) is 0 Å². The van der Waals surface area contributed by atoms with Gasteiger partial charge in [-0.3, -0.25) is 9.69 Å². The van der Waals surface area contributed by atoms with Gasteiger partial charge in [-0.2, -0.15) is 0 Å². The third kappa shape index (κ3) is 4.57. The van der Waals surface area contributed by atoms with Gasteiger partial charge in [0.15, 0.2) is 11.5 Å². The van der Waals surface area contributed by atoms with E-state index >= 15 is 0 Å². The Morgan fingerprint density at radius 3 is 2.12 bits per heavy atom. The number of hydrogen-bond donors (Lipinski definition) is 1. The predicted molar refractivity (Wildman–Crippen MR) is 97.9 cm³/mol. The van der Waals surface area contributed by atoms with Crippen LogP contribution in [0, 0.1) is 0 Å². The van der Waals surface area contributed by atoms with Crippen LogP contribution >= 0.6 is 0 Å². The van der Waals surface area contributed by atoms with Crippen LogP contribution in [0.25, 0.3) is 0 Å². The minimum absolute atomic E-state index is 0.0835. The largest absolute Gasteiger partial charge is 0.496 e. The number of nitrogens with zero attached hydrogens (tertiary/aromatic N) is 1. The highest BCUT2D eigenvalue weighted by Crippen LogP contribution is 2.34. The molecule has 25 heavy (non-hydrogen) atoms. The average Bonchev–Trinajstić information content (AvgIpc) is 2.65. The Morgan fingerprint density at radius 1 is 1.00 bits per heavy atom. The summed E-state index contributed by atoms with van der Waals surface area (Å²) < 4.78 is 15.9. The molecule has 1 aliphatic heterocycles. The van der Waals surface area contributed by atoms with Crippen molar-refractivity contribution >= 4 is 5.91 Å². The molecule has 6 nitrogen and oxygen atoms in total. The summed E-state index contributed by atoms with van der Waals surface area (Å²) in [6.45, 7) is 7.09. The van der Waals surface area contributed by atoms with Gasteiger partial charge in [0.2, 0.25) is 0 Å². The summed E-state index contributed by atoms with van der Waals surface area (Å²) in [5.74, 6) is 1.32. The molecule has 1 amide bonds. The third-order valence-corrected chi connectivity index (χ3v) is 4.84. The van der Waals surface area contributed by atoms with E-state index < -0.39 is 0 Å². The van der Waals surface area contributed by atoms with E-state index in [1.54, 1.807) is 26.4 Å². The number of hydrogen-bond acceptors (Lipinski definition) is 5. The van der Waals surface area contributed by atoms with Crippen molar-refractivity contribution < 1.29 is 19.0 Å². The Bertz CT molecular complexity index is 595. The SMILES string of the molecule is COc1cc(OC)c(C(=O)NCC(C)(C)N2CCCCC2)cc1OC. The van der Waals surface area contributed by atoms with E-state index in [0.717, 1.165) is 13.1 Å². The number of ether oxygens (including phenoxy) is 3. The number of rotatable bonds is 7. The molecule has 0 radical (unpaired) electrons. The molecule has 0 atom stereocenters. The van der Waals surface area contributed by atoms with Crippen LogP contribution in [0.1, 0.15) is 43.5 Å². The van der Waals surface area contributed by atoms with E-state index in [2.05, 4.69) is 24.1 Å². The van der Waals surface area contributed by atoms with Crippen molar-refractivity contribution in [3.05, 3.63) is 17.7 Å².